The SMILES string of the molecule is C[C@H]1CCN1c1nc(-c2noc([C@H]3CCNC3)n2)c2c(n1)C(F)(F)CC2. The summed E-state index contributed by atoms with van der Waals surface area (Å²) in [6.45, 7) is 4.51. The minimum atomic E-state index is -2.93. The lowest BCUT2D eigenvalue weighted by Gasteiger charge is -2.39. The molecule has 9 heteroatoms. The number of fused-ring (bicyclic) bond motifs is 1. The molecule has 0 unspecified atom stereocenters. The van der Waals surface area contributed by atoms with Crippen molar-refractivity contribution in [2.75, 3.05) is 24.5 Å². The number of nitrogens with zero attached hydrogens (tertiary/aromatic N) is 5. The minimum Gasteiger partial charge on any atom is -0.339 e. The summed E-state index contributed by atoms with van der Waals surface area (Å²) in [5, 5.41) is 7.31. The Morgan fingerprint density at radius 3 is 2.81 bits per heavy atom. The molecule has 0 saturated carbocycles. The second-order valence-electron chi connectivity index (χ2n) is 7.38. The summed E-state index contributed by atoms with van der Waals surface area (Å²) >= 11 is 0. The average Bonchev–Trinajstić information content (AvgIpc) is 3.33. The first kappa shape index (κ1) is 16.0. The first-order valence-corrected chi connectivity index (χ1v) is 9.13. The molecule has 1 N–H and O–H groups in total. The molecule has 0 radical (unpaired) electrons. The van der Waals surface area contributed by atoms with Gasteiger partial charge in [0.1, 0.15) is 11.4 Å². The fourth-order valence-corrected chi connectivity index (χ4v) is 3.90. The van der Waals surface area contributed by atoms with Gasteiger partial charge in [0, 0.05) is 31.1 Å². The Morgan fingerprint density at radius 2 is 2.12 bits per heavy atom. The molecule has 2 aromatic heterocycles. The largest absolute Gasteiger partial charge is 0.339 e. The molecule has 0 amide bonds. The van der Waals surface area contributed by atoms with Crippen molar-refractivity contribution in [1.82, 2.24) is 25.4 Å². The Bertz CT molecular complexity index is 848. The zero-order valence-electron chi connectivity index (χ0n) is 14.5. The molecule has 138 valence electrons. The molecule has 1 aliphatic carbocycles. The fourth-order valence-electron chi connectivity index (χ4n) is 3.90. The predicted molar refractivity (Wildman–Crippen MR) is 89.2 cm³/mol. The Kier molecular flexibility index (Phi) is 3.50. The number of hydrogen-bond donors (Lipinski definition) is 1. The molecule has 0 aromatic carbocycles. The van der Waals surface area contributed by atoms with E-state index < -0.39 is 5.92 Å². The van der Waals surface area contributed by atoms with Crippen LogP contribution < -0.4 is 10.2 Å². The zero-order chi connectivity index (χ0) is 17.9. The highest BCUT2D eigenvalue weighted by atomic mass is 19.3. The molecular formula is C17H20F2N6O. The van der Waals surface area contributed by atoms with Crippen molar-refractivity contribution < 1.29 is 13.3 Å². The van der Waals surface area contributed by atoms with Gasteiger partial charge in [0.25, 0.3) is 5.92 Å². The Morgan fingerprint density at radius 1 is 1.23 bits per heavy atom. The lowest BCUT2D eigenvalue weighted by molar-refractivity contribution is -0.00595. The van der Waals surface area contributed by atoms with E-state index in [4.69, 9.17) is 4.52 Å². The normalized spacial score (nSPS) is 26.8. The van der Waals surface area contributed by atoms with Gasteiger partial charge in [0.15, 0.2) is 0 Å². The maximum atomic E-state index is 14.4. The third-order valence-corrected chi connectivity index (χ3v) is 5.67. The molecule has 4 heterocycles. The molecule has 2 atom stereocenters. The van der Waals surface area contributed by atoms with Crippen molar-refractivity contribution in [2.45, 2.75) is 50.5 Å². The number of anilines is 1. The highest BCUT2D eigenvalue weighted by Gasteiger charge is 2.44. The molecule has 2 fully saturated rings. The highest BCUT2D eigenvalue weighted by molar-refractivity contribution is 5.61. The van der Waals surface area contributed by atoms with Gasteiger partial charge >= 0.3 is 0 Å². The summed E-state index contributed by atoms with van der Waals surface area (Å²) in [5.41, 5.74) is 0.663. The number of halogens is 2. The number of hydrogen-bond acceptors (Lipinski definition) is 7. The zero-order valence-corrected chi connectivity index (χ0v) is 14.5. The van der Waals surface area contributed by atoms with E-state index in [2.05, 4.69) is 25.4 Å². The monoisotopic (exact) mass is 362 g/mol. The van der Waals surface area contributed by atoms with Gasteiger partial charge in [-0.3, -0.25) is 0 Å². The van der Waals surface area contributed by atoms with E-state index in [0.29, 0.717) is 23.1 Å². The topological polar surface area (TPSA) is 80.0 Å². The van der Waals surface area contributed by atoms with Crippen molar-refractivity contribution in [3.05, 3.63) is 17.1 Å². The van der Waals surface area contributed by atoms with Gasteiger partial charge in [-0.25, -0.2) is 9.97 Å². The van der Waals surface area contributed by atoms with E-state index >= 15 is 0 Å². The van der Waals surface area contributed by atoms with Crippen LogP contribution in [-0.4, -0.2) is 45.8 Å². The van der Waals surface area contributed by atoms with Crippen LogP contribution in [0.1, 0.15) is 49.3 Å². The standard InChI is InChI=1S/C17H20F2N6O/c1-9-4-7-25(9)16-21-12(11-2-5-17(18,19)13(11)22-16)14-23-15(26-24-14)10-3-6-20-8-10/h9-10,20H,2-8H2,1H3/t9-,10-/m0/s1. The van der Waals surface area contributed by atoms with Crippen molar-refractivity contribution >= 4 is 5.95 Å². The van der Waals surface area contributed by atoms with E-state index in [0.717, 1.165) is 32.5 Å². The summed E-state index contributed by atoms with van der Waals surface area (Å²) in [6.07, 6.45) is 1.91. The fraction of sp³-hybridized carbons (Fsp3) is 0.647. The van der Waals surface area contributed by atoms with Gasteiger partial charge in [-0.1, -0.05) is 5.16 Å². The Labute approximate surface area is 149 Å². The average molecular weight is 362 g/mol. The smallest absolute Gasteiger partial charge is 0.290 e. The summed E-state index contributed by atoms with van der Waals surface area (Å²) in [6, 6.07) is 0.251. The summed E-state index contributed by atoms with van der Waals surface area (Å²) in [4.78, 5) is 15.2. The first-order chi connectivity index (χ1) is 12.5. The molecule has 26 heavy (non-hydrogen) atoms. The molecule has 2 aromatic rings. The highest BCUT2D eigenvalue weighted by Crippen LogP contribution is 2.44. The van der Waals surface area contributed by atoms with E-state index in [9.17, 15) is 8.78 Å². The van der Waals surface area contributed by atoms with Crippen LogP contribution in [-0.2, 0) is 12.3 Å². The Hall–Kier alpha value is -2.16. The van der Waals surface area contributed by atoms with Gasteiger partial charge in [-0.15, -0.1) is 0 Å². The maximum absolute atomic E-state index is 14.4. The summed E-state index contributed by atoms with van der Waals surface area (Å²) in [7, 11) is 0. The molecule has 0 bridgehead atoms. The number of aromatic nitrogens is 4. The molecular weight excluding hydrogens is 342 g/mol. The lowest BCUT2D eigenvalue weighted by Crippen LogP contribution is -2.47. The van der Waals surface area contributed by atoms with E-state index in [1.54, 1.807) is 0 Å². The maximum Gasteiger partial charge on any atom is 0.290 e. The van der Waals surface area contributed by atoms with Crippen molar-refractivity contribution in [2.24, 2.45) is 0 Å². The third kappa shape index (κ3) is 2.40. The molecule has 2 aliphatic heterocycles. The van der Waals surface area contributed by atoms with Crippen molar-refractivity contribution in [1.29, 1.82) is 0 Å². The number of nitrogens with one attached hydrogen (secondary N) is 1. The first-order valence-electron chi connectivity index (χ1n) is 9.13. The molecule has 0 spiro atoms. The number of alkyl halides is 2. The Balaban J connectivity index is 1.59. The van der Waals surface area contributed by atoms with E-state index in [1.165, 1.54) is 0 Å². The van der Waals surface area contributed by atoms with Crippen LogP contribution >= 0.6 is 0 Å². The van der Waals surface area contributed by atoms with Crippen LogP contribution in [0.5, 0.6) is 0 Å². The van der Waals surface area contributed by atoms with Crippen LogP contribution in [0.25, 0.3) is 11.5 Å². The van der Waals surface area contributed by atoms with Gasteiger partial charge in [-0.05, 0) is 32.7 Å². The van der Waals surface area contributed by atoms with Gasteiger partial charge in [-0.2, -0.15) is 13.8 Å². The molecule has 7 nitrogen and oxygen atoms in total. The van der Waals surface area contributed by atoms with Crippen LogP contribution in [0.15, 0.2) is 4.52 Å². The quantitative estimate of drug-likeness (QED) is 0.897. The second-order valence-corrected chi connectivity index (χ2v) is 7.38. The number of rotatable bonds is 3. The van der Waals surface area contributed by atoms with Crippen molar-refractivity contribution in [3.63, 3.8) is 0 Å². The van der Waals surface area contributed by atoms with Crippen LogP contribution in [0.4, 0.5) is 14.7 Å². The van der Waals surface area contributed by atoms with Gasteiger partial charge < -0.3 is 14.7 Å². The van der Waals surface area contributed by atoms with Crippen LogP contribution in [0, 0.1) is 0 Å². The van der Waals surface area contributed by atoms with Crippen LogP contribution in [0.2, 0.25) is 0 Å². The predicted octanol–water partition coefficient (Wildman–Crippen LogP) is 2.24. The molecule has 5 rings (SSSR count). The van der Waals surface area contributed by atoms with E-state index in [-0.39, 0.29) is 36.3 Å². The van der Waals surface area contributed by atoms with Crippen LogP contribution in [0.3, 0.4) is 0 Å². The van der Waals surface area contributed by atoms with Gasteiger partial charge in [0.2, 0.25) is 17.7 Å². The third-order valence-electron chi connectivity index (χ3n) is 5.67. The van der Waals surface area contributed by atoms with Gasteiger partial charge in [0.05, 0.1) is 5.92 Å². The second kappa shape index (κ2) is 5.67. The molecule has 3 aliphatic rings. The summed E-state index contributed by atoms with van der Waals surface area (Å²) < 4.78 is 34.1. The lowest BCUT2D eigenvalue weighted by atomic mass is 10.1. The van der Waals surface area contributed by atoms with Crippen molar-refractivity contribution in [3.8, 4) is 11.5 Å². The van der Waals surface area contributed by atoms with E-state index in [1.807, 2.05) is 11.8 Å². The summed E-state index contributed by atoms with van der Waals surface area (Å²) in [5.74, 6) is -1.59. The minimum absolute atomic E-state index is 0.169. The molecule has 2 saturated heterocycles.